The molecule has 0 spiro atoms. The van der Waals surface area contributed by atoms with Crippen LogP contribution < -0.4 is 0 Å². The van der Waals surface area contributed by atoms with Gasteiger partial charge in [0, 0.05) is 0 Å². The Balaban J connectivity index is 0. The van der Waals surface area contributed by atoms with Gasteiger partial charge in [0.1, 0.15) is 0 Å². The first-order chi connectivity index (χ1) is 5.62. The van der Waals surface area contributed by atoms with Gasteiger partial charge in [-0.2, -0.15) is 8.42 Å². The Hall–Kier alpha value is 0.247. The first-order valence-electron chi connectivity index (χ1n) is 4.10. The van der Waals surface area contributed by atoms with E-state index in [1.54, 1.807) is 0 Å². The van der Waals surface area contributed by atoms with E-state index >= 15 is 0 Å². The normalized spacial score (nSPS) is 10.5. The summed E-state index contributed by atoms with van der Waals surface area (Å²) in [4.78, 5) is 0. The Kier molecular flexibility index (Phi) is 10.7. The van der Waals surface area contributed by atoms with Crippen LogP contribution in [0.25, 0.3) is 0 Å². The molecule has 5 heteroatoms. The molecule has 0 aromatic heterocycles. The first kappa shape index (κ1) is 15.7. The van der Waals surface area contributed by atoms with Gasteiger partial charge in [-0.3, -0.25) is 4.18 Å². The third-order valence-corrected chi connectivity index (χ3v) is 2.50. The molecule has 74 valence electrons. The number of hydrogen-bond donors (Lipinski definition) is 0. The van der Waals surface area contributed by atoms with E-state index in [-0.39, 0.29) is 24.6 Å². The molecular weight excluding hydrogens is 183 g/mol. The second kappa shape index (κ2) is 8.83. The van der Waals surface area contributed by atoms with Gasteiger partial charge in [0.25, 0.3) is 10.1 Å². The zero-order valence-electron chi connectivity index (χ0n) is 7.45. The molecule has 0 aliphatic heterocycles. The monoisotopic (exact) mass is 200 g/mol. The second-order valence-corrected chi connectivity index (χ2v) is 4.23. The van der Waals surface area contributed by atoms with Crippen LogP contribution >= 0.6 is 0 Å². The van der Waals surface area contributed by atoms with Crippen molar-refractivity contribution in [3.63, 3.8) is 0 Å². The molecule has 3 nitrogen and oxygen atoms in total. The summed E-state index contributed by atoms with van der Waals surface area (Å²) in [6, 6.07) is 0. The molecule has 0 fully saturated rings. The topological polar surface area (TPSA) is 43.4 Å². The van der Waals surface area contributed by atoms with Crippen molar-refractivity contribution in [2.45, 2.75) is 26.2 Å². The van der Waals surface area contributed by atoms with Gasteiger partial charge in [0.05, 0.1) is 12.4 Å². The van der Waals surface area contributed by atoms with Gasteiger partial charge in [-0.15, -0.1) is 6.58 Å². The summed E-state index contributed by atoms with van der Waals surface area (Å²) < 4.78 is 26.5. The maximum absolute atomic E-state index is 10.9. The summed E-state index contributed by atoms with van der Waals surface area (Å²) in [5.41, 5.74) is 0. The fourth-order valence-corrected chi connectivity index (χ4v) is 1.49. The predicted molar refractivity (Wildman–Crippen MR) is 56.6 cm³/mol. The Morgan fingerprint density at radius 2 is 2.00 bits per heavy atom. The Morgan fingerprint density at radius 3 is 2.46 bits per heavy atom. The van der Waals surface area contributed by atoms with Gasteiger partial charge in [0.2, 0.25) is 0 Å². The van der Waals surface area contributed by atoms with Crippen LogP contribution in [0.3, 0.4) is 0 Å². The molecular formula is C8H17LiO3S. The summed E-state index contributed by atoms with van der Waals surface area (Å²) in [7, 11) is -3.33. The molecule has 0 aliphatic carbocycles. The fraction of sp³-hybridized carbons (Fsp3) is 0.750. The van der Waals surface area contributed by atoms with Crippen molar-refractivity contribution < 1.29 is 12.6 Å². The van der Waals surface area contributed by atoms with Crippen LogP contribution in [0.15, 0.2) is 12.7 Å². The number of rotatable bonds is 7. The van der Waals surface area contributed by atoms with Crippen molar-refractivity contribution in [2.24, 2.45) is 0 Å². The van der Waals surface area contributed by atoms with E-state index in [0.717, 1.165) is 19.3 Å². The van der Waals surface area contributed by atoms with Crippen molar-refractivity contribution in [2.75, 3.05) is 12.4 Å². The van der Waals surface area contributed by atoms with E-state index in [0.29, 0.717) is 6.61 Å². The molecule has 0 unspecified atom stereocenters. The Labute approximate surface area is 92.8 Å². The van der Waals surface area contributed by atoms with Gasteiger partial charge in [-0.25, -0.2) is 0 Å². The molecule has 0 atom stereocenters. The minimum atomic E-state index is -3.33. The van der Waals surface area contributed by atoms with Gasteiger partial charge in [-0.1, -0.05) is 25.8 Å². The van der Waals surface area contributed by atoms with E-state index in [4.69, 9.17) is 0 Å². The maximum atomic E-state index is 10.9. The summed E-state index contributed by atoms with van der Waals surface area (Å²) in [5.74, 6) is -0.0981. The van der Waals surface area contributed by atoms with Gasteiger partial charge >= 0.3 is 18.9 Å². The Bertz CT molecular complexity index is 211. The fourth-order valence-electron chi connectivity index (χ4n) is 0.730. The SMILES string of the molecule is C=CCS(=O)(=O)OCCCCC.[LiH]. The molecule has 13 heavy (non-hydrogen) atoms. The molecule has 0 radical (unpaired) electrons. The van der Waals surface area contributed by atoms with Crippen molar-refractivity contribution >= 4 is 29.0 Å². The van der Waals surface area contributed by atoms with Crippen LogP contribution in [-0.2, 0) is 14.3 Å². The molecule has 0 saturated heterocycles. The predicted octanol–water partition coefficient (Wildman–Crippen LogP) is 1.06. The quantitative estimate of drug-likeness (QED) is 0.267. The van der Waals surface area contributed by atoms with Crippen LogP contribution in [-0.4, -0.2) is 39.6 Å². The minimum absolute atomic E-state index is 0. The summed E-state index contributed by atoms with van der Waals surface area (Å²) in [5, 5.41) is 0. The number of hydrogen-bond acceptors (Lipinski definition) is 3. The van der Waals surface area contributed by atoms with Crippen molar-refractivity contribution in [3.05, 3.63) is 12.7 Å². The standard InChI is InChI=1S/C8H16O3S.Li.H/c1-3-5-6-7-11-12(9,10)8-4-2;;/h4H,2-3,5-8H2,1H3;;. The molecule has 0 rings (SSSR count). The van der Waals surface area contributed by atoms with Crippen molar-refractivity contribution in [1.82, 2.24) is 0 Å². The zero-order chi connectivity index (χ0) is 9.45. The third-order valence-electron chi connectivity index (χ3n) is 1.33. The summed E-state index contributed by atoms with van der Waals surface area (Å²) in [6.45, 7) is 5.68. The van der Waals surface area contributed by atoms with Crippen LogP contribution in [0.4, 0.5) is 0 Å². The molecule has 0 N–H and O–H groups in total. The van der Waals surface area contributed by atoms with Crippen LogP contribution in [0, 0.1) is 0 Å². The number of unbranched alkanes of at least 4 members (excludes halogenated alkanes) is 2. The molecule has 0 aliphatic rings. The average Bonchev–Trinajstić information content (AvgIpc) is 1.98. The molecule has 0 bridgehead atoms. The Morgan fingerprint density at radius 1 is 1.38 bits per heavy atom. The molecule has 0 aromatic rings. The van der Waals surface area contributed by atoms with E-state index in [9.17, 15) is 8.42 Å². The van der Waals surface area contributed by atoms with E-state index in [1.165, 1.54) is 6.08 Å². The van der Waals surface area contributed by atoms with E-state index < -0.39 is 10.1 Å². The third kappa shape index (κ3) is 10.2. The molecule has 0 heterocycles. The zero-order valence-corrected chi connectivity index (χ0v) is 8.27. The first-order valence-corrected chi connectivity index (χ1v) is 5.68. The molecule has 0 aromatic carbocycles. The summed E-state index contributed by atoms with van der Waals surface area (Å²) >= 11 is 0. The molecule has 0 saturated carbocycles. The average molecular weight is 200 g/mol. The van der Waals surface area contributed by atoms with Crippen LogP contribution in [0.5, 0.6) is 0 Å². The van der Waals surface area contributed by atoms with Crippen LogP contribution in [0.2, 0.25) is 0 Å². The van der Waals surface area contributed by atoms with Gasteiger partial charge in [0.15, 0.2) is 0 Å². The van der Waals surface area contributed by atoms with Gasteiger partial charge in [-0.05, 0) is 6.42 Å². The van der Waals surface area contributed by atoms with E-state index in [1.807, 2.05) is 0 Å². The molecule has 0 amide bonds. The van der Waals surface area contributed by atoms with Crippen LogP contribution in [0.1, 0.15) is 26.2 Å². The van der Waals surface area contributed by atoms with Crippen molar-refractivity contribution in [3.8, 4) is 0 Å². The second-order valence-electron chi connectivity index (χ2n) is 2.54. The van der Waals surface area contributed by atoms with E-state index in [2.05, 4.69) is 17.7 Å². The van der Waals surface area contributed by atoms with Crippen molar-refractivity contribution in [1.29, 1.82) is 0 Å². The van der Waals surface area contributed by atoms with Gasteiger partial charge < -0.3 is 0 Å². The summed E-state index contributed by atoms with van der Waals surface area (Å²) in [6.07, 6.45) is 4.19.